The van der Waals surface area contributed by atoms with Crippen molar-refractivity contribution in [1.29, 1.82) is 0 Å². The largest absolute Gasteiger partial charge is 0.503 e. The summed E-state index contributed by atoms with van der Waals surface area (Å²) >= 11 is 0. The minimum absolute atomic E-state index is 0.206. The zero-order chi connectivity index (χ0) is 27.1. The lowest BCUT2D eigenvalue weighted by atomic mass is 9.89. The molecular formula is C28H37N3O6. The molecule has 37 heavy (non-hydrogen) atoms. The first-order valence-corrected chi connectivity index (χ1v) is 12.7. The Bertz CT molecular complexity index is 1230. The maximum Gasteiger partial charge on any atom is 0.223 e. The van der Waals surface area contributed by atoms with Gasteiger partial charge in [0.25, 0.3) is 0 Å². The molecule has 0 spiro atoms. The number of hydrogen-bond donors (Lipinski definition) is 3. The van der Waals surface area contributed by atoms with Crippen LogP contribution in [-0.4, -0.2) is 29.0 Å². The summed E-state index contributed by atoms with van der Waals surface area (Å²) in [7, 11) is 5.41. The highest BCUT2D eigenvalue weighted by molar-refractivity contribution is 5.28. The van der Waals surface area contributed by atoms with Crippen molar-refractivity contribution >= 4 is 0 Å². The van der Waals surface area contributed by atoms with Crippen molar-refractivity contribution in [3.05, 3.63) is 84.5 Å². The third kappa shape index (κ3) is 6.93. The number of nitrogens with zero attached hydrogens (tertiary/aromatic N) is 3. The van der Waals surface area contributed by atoms with E-state index in [1.807, 2.05) is 0 Å². The van der Waals surface area contributed by atoms with Gasteiger partial charge < -0.3 is 29.0 Å². The summed E-state index contributed by atoms with van der Waals surface area (Å²) in [5.74, 6) is -0.305. The van der Waals surface area contributed by atoms with E-state index in [-0.39, 0.29) is 33.5 Å². The predicted molar refractivity (Wildman–Crippen MR) is 142 cm³/mol. The number of hydrogen-bond acceptors (Lipinski definition) is 6. The first-order chi connectivity index (χ1) is 17.6. The Morgan fingerprint density at radius 2 is 0.838 bits per heavy atom. The van der Waals surface area contributed by atoms with Crippen LogP contribution < -0.4 is 16.3 Å². The summed E-state index contributed by atoms with van der Waals surface area (Å²) in [5, 5.41) is 30.6. The first kappa shape index (κ1) is 27.8. The van der Waals surface area contributed by atoms with E-state index in [1.165, 1.54) is 18.2 Å². The number of pyridine rings is 3. The van der Waals surface area contributed by atoms with E-state index in [0.717, 1.165) is 38.5 Å². The number of aromatic hydroxyl groups is 3. The summed E-state index contributed by atoms with van der Waals surface area (Å²) in [5.41, 5.74) is 0.683. The molecule has 0 radical (unpaired) electrons. The van der Waals surface area contributed by atoms with Gasteiger partial charge in [-0.15, -0.1) is 0 Å². The maximum absolute atomic E-state index is 11.8. The van der Waals surface area contributed by atoms with Crippen molar-refractivity contribution in [2.24, 2.45) is 27.1 Å². The van der Waals surface area contributed by atoms with Crippen LogP contribution in [0.2, 0.25) is 0 Å². The monoisotopic (exact) mass is 511 g/mol. The summed E-state index contributed by atoms with van der Waals surface area (Å²) in [4.78, 5) is 35.5. The van der Waals surface area contributed by atoms with E-state index < -0.39 is 0 Å². The smallest absolute Gasteiger partial charge is 0.223 e. The van der Waals surface area contributed by atoms with E-state index >= 15 is 0 Å². The number of aromatic nitrogens is 3. The lowest BCUT2D eigenvalue weighted by molar-refractivity contribution is 0.375. The molecule has 3 aromatic rings. The van der Waals surface area contributed by atoms with Crippen LogP contribution in [0.15, 0.2) is 51.2 Å². The third-order valence-electron chi connectivity index (χ3n) is 7.22. The van der Waals surface area contributed by atoms with Crippen LogP contribution in [0.1, 0.15) is 55.6 Å². The summed E-state index contributed by atoms with van der Waals surface area (Å²) in [6.45, 7) is 0. The summed E-state index contributed by atoms with van der Waals surface area (Å²) < 4.78 is 5.30. The van der Waals surface area contributed by atoms with Crippen molar-refractivity contribution in [3.8, 4) is 17.2 Å². The van der Waals surface area contributed by atoms with Gasteiger partial charge in [-0.3, -0.25) is 14.4 Å². The lowest BCUT2D eigenvalue weighted by Crippen LogP contribution is -2.12. The molecule has 0 fully saturated rings. The Labute approximate surface area is 215 Å². The van der Waals surface area contributed by atoms with E-state index in [4.69, 9.17) is 0 Å². The van der Waals surface area contributed by atoms with Gasteiger partial charge >= 0.3 is 0 Å². The highest BCUT2D eigenvalue weighted by atomic mass is 16.3. The van der Waals surface area contributed by atoms with Gasteiger partial charge in [-0.2, -0.15) is 0 Å². The fraction of sp³-hybridized carbons (Fsp3) is 0.464. The molecule has 3 aromatic heterocycles. The molecule has 9 nitrogen and oxygen atoms in total. The molecule has 0 saturated heterocycles. The molecule has 9 heteroatoms. The van der Waals surface area contributed by atoms with Gasteiger partial charge in [-0.05, 0) is 44.4 Å². The highest BCUT2D eigenvalue weighted by Crippen LogP contribution is 2.26. The normalized spacial score (nSPS) is 11.4. The van der Waals surface area contributed by atoms with Gasteiger partial charge in [0.1, 0.15) is 0 Å². The molecule has 0 aliphatic heterocycles. The van der Waals surface area contributed by atoms with Crippen LogP contribution >= 0.6 is 0 Å². The van der Waals surface area contributed by atoms with Crippen LogP contribution in [-0.2, 0) is 40.4 Å². The van der Waals surface area contributed by atoms with Crippen molar-refractivity contribution in [3.63, 3.8) is 0 Å². The van der Waals surface area contributed by atoms with Crippen molar-refractivity contribution in [2.45, 2.75) is 57.8 Å². The molecule has 3 heterocycles. The van der Waals surface area contributed by atoms with Crippen LogP contribution in [0.25, 0.3) is 0 Å². The molecular weight excluding hydrogens is 474 g/mol. The van der Waals surface area contributed by atoms with Gasteiger partial charge in [0.05, 0.1) is 17.1 Å². The van der Waals surface area contributed by atoms with Crippen molar-refractivity contribution in [1.82, 2.24) is 13.7 Å². The SMILES string of the molecule is Cn1ccc(=O)c(O)c1CCCC(CCCc1c(O)c(=O)ccn1C)CCCc1c(O)c(=O)ccn1C. The van der Waals surface area contributed by atoms with Crippen LogP contribution in [0.5, 0.6) is 17.2 Å². The lowest BCUT2D eigenvalue weighted by Gasteiger charge is -2.19. The minimum atomic E-state index is -0.383. The molecule has 0 bridgehead atoms. The quantitative estimate of drug-likeness (QED) is 0.343. The second kappa shape index (κ2) is 12.5. The zero-order valence-electron chi connectivity index (χ0n) is 21.8. The van der Waals surface area contributed by atoms with E-state index in [9.17, 15) is 29.7 Å². The van der Waals surface area contributed by atoms with Crippen molar-refractivity contribution < 1.29 is 15.3 Å². The Morgan fingerprint density at radius 3 is 1.11 bits per heavy atom. The minimum Gasteiger partial charge on any atom is -0.503 e. The van der Waals surface area contributed by atoms with E-state index in [0.29, 0.717) is 42.3 Å². The van der Waals surface area contributed by atoms with Crippen LogP contribution in [0.3, 0.4) is 0 Å². The van der Waals surface area contributed by atoms with Gasteiger partial charge in [0.15, 0.2) is 17.2 Å². The number of rotatable bonds is 12. The summed E-state index contributed by atoms with van der Waals surface area (Å²) in [6, 6.07) is 4.04. The van der Waals surface area contributed by atoms with Gasteiger partial charge in [-0.25, -0.2) is 0 Å². The maximum atomic E-state index is 11.8. The van der Waals surface area contributed by atoms with E-state index in [1.54, 1.807) is 53.4 Å². The Morgan fingerprint density at radius 1 is 0.568 bits per heavy atom. The second-order valence-corrected chi connectivity index (χ2v) is 9.80. The molecule has 0 saturated carbocycles. The average molecular weight is 512 g/mol. The first-order valence-electron chi connectivity index (χ1n) is 12.7. The van der Waals surface area contributed by atoms with Gasteiger partial charge in [0.2, 0.25) is 16.3 Å². The summed E-state index contributed by atoms with van der Waals surface area (Å²) in [6.07, 6.45) is 11.6. The standard InChI is InChI=1S/C28H37N3O6/c1-29-16-13-23(32)26(35)20(29)10-4-7-19(8-5-11-21-27(36)24(33)14-17-30(21)2)9-6-12-22-28(37)25(34)15-18-31(22)3/h13-19,35-37H,4-12H2,1-3H3. The molecule has 0 aliphatic carbocycles. The molecule has 0 unspecified atom stereocenters. The topological polar surface area (TPSA) is 127 Å². The fourth-order valence-corrected chi connectivity index (χ4v) is 4.96. The van der Waals surface area contributed by atoms with Crippen LogP contribution in [0, 0.1) is 5.92 Å². The van der Waals surface area contributed by atoms with Gasteiger partial charge in [0, 0.05) is 57.9 Å². The van der Waals surface area contributed by atoms with Crippen molar-refractivity contribution in [2.75, 3.05) is 0 Å². The molecule has 0 aromatic carbocycles. The molecule has 3 N–H and O–H groups in total. The zero-order valence-corrected chi connectivity index (χ0v) is 21.8. The average Bonchev–Trinajstić information content (AvgIpc) is 2.87. The predicted octanol–water partition coefficient (Wildman–Crippen LogP) is 2.88. The van der Waals surface area contributed by atoms with Gasteiger partial charge in [-0.1, -0.05) is 19.3 Å². The second-order valence-electron chi connectivity index (χ2n) is 9.80. The molecule has 0 aliphatic rings. The van der Waals surface area contributed by atoms with Crippen LogP contribution in [0.4, 0.5) is 0 Å². The highest BCUT2D eigenvalue weighted by Gasteiger charge is 2.15. The Balaban J connectivity index is 1.66. The number of aryl methyl sites for hydroxylation is 3. The molecule has 0 amide bonds. The third-order valence-corrected chi connectivity index (χ3v) is 7.22. The Hall–Kier alpha value is -3.75. The van der Waals surface area contributed by atoms with E-state index in [2.05, 4.69) is 0 Å². The molecule has 200 valence electrons. The molecule has 0 atom stereocenters. The molecule has 3 rings (SSSR count). The fourth-order valence-electron chi connectivity index (χ4n) is 4.96. The Kier molecular flexibility index (Phi) is 9.38.